The predicted molar refractivity (Wildman–Crippen MR) is 142 cm³/mol. The standard InChI is InChI=1S/C27H25F3N6O3S/c1-15-11-16(13-18(12-15)35-25-32-10-6-21(36-25)27(28,29)30)20-14-33-24(40-20)26(39)7-4-17(5-8-26)34-23(38)22-19(37)3-2-9-31-22/h2-3,6,9-14,17,37,39H,4-5,7-8H2,1H3,(H,34,38)(H,32,35,36). The maximum Gasteiger partial charge on any atom is 0.433 e. The van der Waals surface area contributed by atoms with Gasteiger partial charge in [0, 0.05) is 30.3 Å². The molecule has 9 nitrogen and oxygen atoms in total. The van der Waals surface area contributed by atoms with Crippen LogP contribution in [0.25, 0.3) is 10.4 Å². The lowest BCUT2D eigenvalue weighted by Gasteiger charge is -2.34. The molecule has 1 saturated carbocycles. The van der Waals surface area contributed by atoms with Gasteiger partial charge in [-0.1, -0.05) is 6.07 Å². The molecule has 1 amide bonds. The smallest absolute Gasteiger partial charge is 0.433 e. The maximum atomic E-state index is 13.0. The Labute approximate surface area is 231 Å². The predicted octanol–water partition coefficient (Wildman–Crippen LogP) is 5.33. The number of hydrogen-bond donors (Lipinski definition) is 4. The summed E-state index contributed by atoms with van der Waals surface area (Å²) in [5.41, 5.74) is -0.0949. The molecule has 5 rings (SSSR count). The summed E-state index contributed by atoms with van der Waals surface area (Å²) in [7, 11) is 0. The molecular formula is C27H25F3N6O3S. The first kappa shape index (κ1) is 27.5. The monoisotopic (exact) mass is 570 g/mol. The summed E-state index contributed by atoms with van der Waals surface area (Å²) in [6, 6.07) is 9.00. The molecule has 40 heavy (non-hydrogen) atoms. The van der Waals surface area contributed by atoms with E-state index in [9.17, 15) is 28.2 Å². The molecule has 0 atom stereocenters. The number of aromatic hydroxyl groups is 1. The minimum absolute atomic E-state index is 0.0421. The Hall–Kier alpha value is -4.10. The van der Waals surface area contributed by atoms with Gasteiger partial charge in [-0.25, -0.2) is 19.9 Å². The van der Waals surface area contributed by atoms with Crippen LogP contribution in [0.15, 0.2) is 55.0 Å². The zero-order chi connectivity index (χ0) is 28.5. The van der Waals surface area contributed by atoms with Crippen LogP contribution >= 0.6 is 11.3 Å². The van der Waals surface area contributed by atoms with Gasteiger partial charge >= 0.3 is 6.18 Å². The van der Waals surface area contributed by atoms with Crippen LogP contribution in [0.5, 0.6) is 5.75 Å². The maximum absolute atomic E-state index is 13.0. The molecule has 1 aliphatic rings. The number of hydrogen-bond acceptors (Lipinski definition) is 9. The molecule has 0 unspecified atom stereocenters. The van der Waals surface area contributed by atoms with Gasteiger partial charge in [-0.15, -0.1) is 11.3 Å². The number of pyridine rings is 1. The molecule has 1 fully saturated rings. The Balaban J connectivity index is 1.27. The number of carbonyl (C=O) groups excluding carboxylic acids is 1. The normalized spacial score (nSPS) is 19.3. The number of anilines is 2. The number of aliphatic hydroxyl groups is 1. The number of nitrogens with zero attached hydrogens (tertiary/aromatic N) is 4. The number of rotatable bonds is 6. The molecule has 1 aliphatic carbocycles. The van der Waals surface area contributed by atoms with E-state index in [1.807, 2.05) is 13.0 Å². The van der Waals surface area contributed by atoms with Crippen molar-refractivity contribution in [3.8, 4) is 16.2 Å². The van der Waals surface area contributed by atoms with Gasteiger partial charge in [-0.2, -0.15) is 13.2 Å². The summed E-state index contributed by atoms with van der Waals surface area (Å²) in [4.78, 5) is 29.1. The molecule has 13 heteroatoms. The summed E-state index contributed by atoms with van der Waals surface area (Å²) in [5.74, 6) is -0.836. The minimum atomic E-state index is -4.58. The van der Waals surface area contributed by atoms with Crippen LogP contribution in [0.4, 0.5) is 24.8 Å². The lowest BCUT2D eigenvalue weighted by atomic mass is 9.82. The summed E-state index contributed by atoms with van der Waals surface area (Å²) in [6.07, 6.45) is 1.35. The van der Waals surface area contributed by atoms with Gasteiger partial charge in [0.05, 0.1) is 4.88 Å². The summed E-state index contributed by atoms with van der Waals surface area (Å²) >= 11 is 1.34. The van der Waals surface area contributed by atoms with Crippen molar-refractivity contribution in [2.45, 2.75) is 50.4 Å². The van der Waals surface area contributed by atoms with Crippen molar-refractivity contribution in [3.63, 3.8) is 0 Å². The molecule has 0 spiro atoms. The third-order valence-corrected chi connectivity index (χ3v) is 7.86. The molecule has 0 aliphatic heterocycles. The highest BCUT2D eigenvalue weighted by molar-refractivity contribution is 7.15. The number of thiazole rings is 1. The molecule has 4 N–H and O–H groups in total. The van der Waals surface area contributed by atoms with Crippen LogP contribution in [-0.4, -0.2) is 42.1 Å². The van der Waals surface area contributed by atoms with E-state index in [-0.39, 0.29) is 23.4 Å². The Morgan fingerprint density at radius 2 is 1.88 bits per heavy atom. The fraction of sp³-hybridized carbons (Fsp3) is 0.296. The first-order chi connectivity index (χ1) is 19.0. The number of benzene rings is 1. The average Bonchev–Trinajstić information content (AvgIpc) is 3.41. The van der Waals surface area contributed by atoms with E-state index in [2.05, 4.69) is 30.6 Å². The fourth-order valence-corrected chi connectivity index (χ4v) is 5.65. The van der Waals surface area contributed by atoms with E-state index in [1.165, 1.54) is 29.7 Å². The second-order valence-corrected chi connectivity index (χ2v) is 10.7. The number of aryl methyl sites for hydroxylation is 1. The fourth-order valence-electron chi connectivity index (χ4n) is 4.61. The zero-order valence-corrected chi connectivity index (χ0v) is 22.1. The van der Waals surface area contributed by atoms with Crippen LogP contribution in [0.1, 0.15) is 52.4 Å². The average molecular weight is 571 g/mol. The third kappa shape index (κ3) is 6.05. The Kier molecular flexibility index (Phi) is 7.43. The van der Waals surface area contributed by atoms with Gasteiger partial charge in [-0.3, -0.25) is 4.79 Å². The SMILES string of the molecule is Cc1cc(Nc2nccc(C(F)(F)F)n2)cc(-c2cnc(C3(O)CCC(NC(=O)c4ncccc4O)CC3)s2)c1. The summed E-state index contributed by atoms with van der Waals surface area (Å²) in [5, 5.41) is 27.5. The molecule has 3 heterocycles. The molecule has 0 radical (unpaired) electrons. The van der Waals surface area contributed by atoms with Gasteiger partial charge in [0.25, 0.3) is 5.91 Å². The van der Waals surface area contributed by atoms with Gasteiger partial charge in [0.15, 0.2) is 5.69 Å². The first-order valence-corrected chi connectivity index (χ1v) is 13.2. The number of nitrogens with one attached hydrogen (secondary N) is 2. The Morgan fingerprint density at radius 3 is 2.60 bits per heavy atom. The molecule has 4 aromatic rings. The highest BCUT2D eigenvalue weighted by Gasteiger charge is 2.38. The first-order valence-electron chi connectivity index (χ1n) is 12.4. The van der Waals surface area contributed by atoms with E-state index in [0.717, 1.165) is 28.3 Å². The quantitative estimate of drug-likeness (QED) is 0.245. The number of carbonyl (C=O) groups is 1. The van der Waals surface area contributed by atoms with Crippen LogP contribution in [0, 0.1) is 6.92 Å². The lowest BCUT2D eigenvalue weighted by Crippen LogP contribution is -2.42. The third-order valence-electron chi connectivity index (χ3n) is 6.62. The molecule has 1 aromatic carbocycles. The van der Waals surface area contributed by atoms with Crippen molar-refractivity contribution in [3.05, 3.63) is 76.9 Å². The van der Waals surface area contributed by atoms with Gasteiger partial charge in [-0.05, 0) is 74.1 Å². The second kappa shape index (κ2) is 10.8. The van der Waals surface area contributed by atoms with Crippen molar-refractivity contribution < 1.29 is 28.2 Å². The van der Waals surface area contributed by atoms with E-state index in [4.69, 9.17) is 0 Å². The summed E-state index contributed by atoms with van der Waals surface area (Å²) in [6.45, 7) is 1.86. The van der Waals surface area contributed by atoms with Crippen LogP contribution in [0.3, 0.4) is 0 Å². The van der Waals surface area contributed by atoms with E-state index in [1.54, 1.807) is 18.3 Å². The molecule has 0 bridgehead atoms. The van der Waals surface area contributed by atoms with Crippen molar-refractivity contribution in [2.75, 3.05) is 5.32 Å². The van der Waals surface area contributed by atoms with Gasteiger partial charge < -0.3 is 20.8 Å². The van der Waals surface area contributed by atoms with Gasteiger partial charge in [0.2, 0.25) is 5.95 Å². The lowest BCUT2D eigenvalue weighted by molar-refractivity contribution is -0.141. The number of amides is 1. The zero-order valence-electron chi connectivity index (χ0n) is 21.2. The van der Waals surface area contributed by atoms with Crippen molar-refractivity contribution >= 4 is 28.9 Å². The second-order valence-electron chi connectivity index (χ2n) is 9.66. The Bertz CT molecular complexity index is 1540. The number of halogens is 3. The molecule has 208 valence electrons. The molecular weight excluding hydrogens is 545 g/mol. The van der Waals surface area contributed by atoms with Crippen molar-refractivity contribution in [1.29, 1.82) is 0 Å². The van der Waals surface area contributed by atoms with Crippen molar-refractivity contribution in [1.82, 2.24) is 25.3 Å². The highest BCUT2D eigenvalue weighted by Crippen LogP contribution is 2.41. The van der Waals surface area contributed by atoms with Crippen molar-refractivity contribution in [2.24, 2.45) is 0 Å². The van der Waals surface area contributed by atoms with E-state index >= 15 is 0 Å². The minimum Gasteiger partial charge on any atom is -0.505 e. The topological polar surface area (TPSA) is 133 Å². The highest BCUT2D eigenvalue weighted by atomic mass is 32.1. The molecule has 3 aromatic heterocycles. The molecule has 0 saturated heterocycles. The van der Waals surface area contributed by atoms with Gasteiger partial charge in [0.1, 0.15) is 22.1 Å². The van der Waals surface area contributed by atoms with Crippen LogP contribution in [0.2, 0.25) is 0 Å². The van der Waals surface area contributed by atoms with E-state index in [0.29, 0.717) is 36.4 Å². The summed E-state index contributed by atoms with van der Waals surface area (Å²) < 4.78 is 39.1. The van der Waals surface area contributed by atoms with Crippen LogP contribution in [-0.2, 0) is 11.8 Å². The van der Waals surface area contributed by atoms with Crippen LogP contribution < -0.4 is 10.6 Å². The number of alkyl halides is 3. The number of aromatic nitrogens is 4. The Morgan fingerprint density at radius 1 is 1.10 bits per heavy atom. The van der Waals surface area contributed by atoms with E-state index < -0.39 is 23.4 Å². The largest absolute Gasteiger partial charge is 0.505 e.